The van der Waals surface area contributed by atoms with E-state index in [1.165, 1.54) is 0 Å². The van der Waals surface area contributed by atoms with Crippen LogP contribution < -0.4 is 10.6 Å². The molecule has 4 aromatic rings. The molecule has 1 aliphatic rings. The summed E-state index contributed by atoms with van der Waals surface area (Å²) in [5, 5.41) is 6.30. The Morgan fingerprint density at radius 2 is 1.13 bits per heavy atom. The third kappa shape index (κ3) is 3.68. The average Bonchev–Trinajstić information content (AvgIpc) is 3.39. The van der Waals surface area contributed by atoms with Crippen LogP contribution in [0.5, 0.6) is 0 Å². The zero-order valence-corrected chi connectivity index (χ0v) is 16.6. The van der Waals surface area contributed by atoms with Gasteiger partial charge in [0.2, 0.25) is 0 Å². The Bertz CT molecular complexity index is 1050. The summed E-state index contributed by atoms with van der Waals surface area (Å²) in [6.45, 7) is 0. The van der Waals surface area contributed by atoms with E-state index in [9.17, 15) is 9.59 Å². The van der Waals surface area contributed by atoms with E-state index in [4.69, 9.17) is 0 Å². The first-order valence-electron chi connectivity index (χ1n) is 10.4. The third-order valence-corrected chi connectivity index (χ3v) is 5.93. The zero-order chi connectivity index (χ0) is 20.5. The van der Waals surface area contributed by atoms with Gasteiger partial charge in [-0.2, -0.15) is 0 Å². The van der Waals surface area contributed by atoms with Crippen molar-refractivity contribution in [2.24, 2.45) is 0 Å². The lowest BCUT2D eigenvalue weighted by Gasteiger charge is -2.29. The Hall–Kier alpha value is -3.54. The van der Waals surface area contributed by atoms with Gasteiger partial charge < -0.3 is 19.4 Å². The van der Waals surface area contributed by atoms with Crippen LogP contribution in [0.4, 0.5) is 0 Å². The Balaban J connectivity index is 1.15. The topological polar surface area (TPSA) is 67.0 Å². The van der Waals surface area contributed by atoms with Crippen molar-refractivity contribution in [1.82, 2.24) is 19.4 Å². The van der Waals surface area contributed by atoms with Gasteiger partial charge in [-0.15, -0.1) is 0 Å². The molecule has 4 aromatic heterocycles. The van der Waals surface area contributed by atoms with Crippen molar-refractivity contribution >= 4 is 22.8 Å². The number of nitrogens with zero attached hydrogens (tertiary/aromatic N) is 2. The summed E-state index contributed by atoms with van der Waals surface area (Å²) in [6, 6.07) is 15.9. The molecule has 0 unspecified atom stereocenters. The fourth-order valence-corrected chi connectivity index (χ4v) is 4.28. The van der Waals surface area contributed by atoms with Crippen LogP contribution in [0.2, 0.25) is 0 Å². The second kappa shape index (κ2) is 7.71. The molecule has 0 aliphatic heterocycles. The lowest BCUT2D eigenvalue weighted by Crippen LogP contribution is -2.43. The van der Waals surface area contributed by atoms with E-state index in [0.717, 1.165) is 36.7 Å². The molecule has 152 valence electrons. The van der Waals surface area contributed by atoms with Gasteiger partial charge in [0.05, 0.1) is 11.1 Å². The molecule has 2 amide bonds. The number of amides is 2. The average molecular weight is 400 g/mol. The number of hydrogen-bond acceptors (Lipinski definition) is 2. The highest BCUT2D eigenvalue weighted by Gasteiger charge is 2.24. The largest absolute Gasteiger partial charge is 0.349 e. The summed E-state index contributed by atoms with van der Waals surface area (Å²) in [4.78, 5) is 25.2. The number of rotatable bonds is 4. The Morgan fingerprint density at radius 1 is 0.700 bits per heavy atom. The van der Waals surface area contributed by atoms with E-state index < -0.39 is 0 Å². The minimum atomic E-state index is -0.0355. The molecule has 0 saturated heterocycles. The molecular weight excluding hydrogens is 376 g/mol. The van der Waals surface area contributed by atoms with E-state index in [1.54, 1.807) is 0 Å². The van der Waals surface area contributed by atoms with Crippen molar-refractivity contribution in [1.29, 1.82) is 0 Å². The second-order valence-electron chi connectivity index (χ2n) is 8.02. The van der Waals surface area contributed by atoms with Crippen molar-refractivity contribution in [3.05, 3.63) is 84.4 Å². The van der Waals surface area contributed by atoms with Gasteiger partial charge in [-0.05, 0) is 62.1 Å². The first kappa shape index (κ1) is 18.5. The molecule has 1 aliphatic carbocycles. The van der Waals surface area contributed by atoms with Crippen LogP contribution in [0.15, 0.2) is 73.3 Å². The summed E-state index contributed by atoms with van der Waals surface area (Å²) in [5.41, 5.74) is 3.37. The van der Waals surface area contributed by atoms with E-state index in [0.29, 0.717) is 11.1 Å². The van der Waals surface area contributed by atoms with Crippen molar-refractivity contribution in [2.45, 2.75) is 37.8 Å². The molecule has 4 heterocycles. The highest BCUT2D eigenvalue weighted by molar-refractivity contribution is 5.96. The van der Waals surface area contributed by atoms with E-state index in [2.05, 4.69) is 10.6 Å². The molecule has 6 nitrogen and oxygen atoms in total. The molecule has 6 heteroatoms. The van der Waals surface area contributed by atoms with Crippen molar-refractivity contribution in [3.63, 3.8) is 0 Å². The standard InChI is InChI=1S/C24H24N4O2/c29-23(17-13-21-5-1-3-11-27(21)15-17)25-19-7-9-20(10-8-19)26-24(30)18-14-22-6-2-4-12-28(22)16-18/h1-6,11-16,19-20H,7-10H2,(H,25,29)(H,26,30). The van der Waals surface area contributed by atoms with Gasteiger partial charge >= 0.3 is 0 Å². The van der Waals surface area contributed by atoms with E-state index in [1.807, 2.05) is 82.1 Å². The zero-order valence-electron chi connectivity index (χ0n) is 16.6. The molecule has 30 heavy (non-hydrogen) atoms. The molecule has 5 rings (SSSR count). The van der Waals surface area contributed by atoms with Crippen molar-refractivity contribution in [3.8, 4) is 0 Å². The molecular formula is C24H24N4O2. The number of nitrogens with one attached hydrogen (secondary N) is 2. The van der Waals surface area contributed by atoms with Crippen LogP contribution in [0.25, 0.3) is 11.0 Å². The summed E-state index contributed by atoms with van der Waals surface area (Å²) in [7, 11) is 0. The Kier molecular flexibility index (Phi) is 4.75. The second-order valence-corrected chi connectivity index (χ2v) is 8.02. The first-order valence-corrected chi connectivity index (χ1v) is 10.4. The van der Waals surface area contributed by atoms with Crippen LogP contribution in [-0.4, -0.2) is 32.7 Å². The molecule has 0 spiro atoms. The van der Waals surface area contributed by atoms with Crippen LogP contribution in [0.1, 0.15) is 46.4 Å². The molecule has 2 N–H and O–H groups in total. The maximum atomic E-state index is 12.6. The lowest BCUT2D eigenvalue weighted by molar-refractivity contribution is 0.0892. The van der Waals surface area contributed by atoms with Crippen molar-refractivity contribution in [2.75, 3.05) is 0 Å². The predicted octanol–water partition coefficient (Wildman–Crippen LogP) is 3.66. The lowest BCUT2D eigenvalue weighted by atomic mass is 9.91. The summed E-state index contributed by atoms with van der Waals surface area (Å²) < 4.78 is 3.90. The van der Waals surface area contributed by atoms with Crippen molar-refractivity contribution < 1.29 is 9.59 Å². The highest BCUT2D eigenvalue weighted by Crippen LogP contribution is 2.20. The summed E-state index contributed by atoms with van der Waals surface area (Å²) >= 11 is 0. The number of pyridine rings is 2. The number of hydrogen-bond donors (Lipinski definition) is 2. The minimum absolute atomic E-state index is 0.0355. The van der Waals surface area contributed by atoms with Crippen LogP contribution in [0, 0.1) is 0 Å². The molecule has 1 fully saturated rings. The minimum Gasteiger partial charge on any atom is -0.349 e. The van der Waals surface area contributed by atoms with Gasteiger partial charge in [-0.1, -0.05) is 12.1 Å². The number of aromatic nitrogens is 2. The third-order valence-electron chi connectivity index (χ3n) is 5.93. The van der Waals surface area contributed by atoms with Gasteiger partial charge in [-0.3, -0.25) is 9.59 Å². The molecule has 0 atom stereocenters. The fourth-order valence-electron chi connectivity index (χ4n) is 4.28. The Morgan fingerprint density at radius 3 is 1.53 bits per heavy atom. The number of carbonyl (C=O) groups is 2. The maximum Gasteiger partial charge on any atom is 0.253 e. The normalized spacial score (nSPS) is 19.1. The van der Waals surface area contributed by atoms with Gasteiger partial charge in [0, 0.05) is 47.9 Å². The fraction of sp³-hybridized carbons (Fsp3) is 0.250. The number of fused-ring (bicyclic) bond motifs is 2. The molecule has 0 aromatic carbocycles. The predicted molar refractivity (Wildman–Crippen MR) is 116 cm³/mol. The van der Waals surface area contributed by atoms with Crippen LogP contribution in [-0.2, 0) is 0 Å². The Labute approximate surface area is 174 Å². The summed E-state index contributed by atoms with van der Waals surface area (Å²) in [5.74, 6) is -0.0710. The molecule has 1 saturated carbocycles. The first-order chi connectivity index (χ1) is 14.7. The quantitative estimate of drug-likeness (QED) is 0.549. The van der Waals surface area contributed by atoms with Crippen LogP contribution in [0.3, 0.4) is 0 Å². The van der Waals surface area contributed by atoms with Crippen LogP contribution >= 0.6 is 0 Å². The van der Waals surface area contributed by atoms with Gasteiger partial charge in [0.15, 0.2) is 0 Å². The molecule has 0 bridgehead atoms. The number of carbonyl (C=O) groups excluding carboxylic acids is 2. The SMILES string of the molecule is O=C(NC1CCC(NC(=O)c2cc3ccccn3c2)CC1)c1cc2ccccn2c1. The molecule has 0 radical (unpaired) electrons. The van der Waals surface area contributed by atoms with E-state index in [-0.39, 0.29) is 23.9 Å². The van der Waals surface area contributed by atoms with Gasteiger partial charge in [-0.25, -0.2) is 0 Å². The maximum absolute atomic E-state index is 12.6. The highest BCUT2D eigenvalue weighted by atomic mass is 16.2. The summed E-state index contributed by atoms with van der Waals surface area (Å²) in [6.07, 6.45) is 11.0. The van der Waals surface area contributed by atoms with Gasteiger partial charge in [0.1, 0.15) is 0 Å². The van der Waals surface area contributed by atoms with E-state index >= 15 is 0 Å². The van der Waals surface area contributed by atoms with Gasteiger partial charge in [0.25, 0.3) is 11.8 Å². The monoisotopic (exact) mass is 400 g/mol. The smallest absolute Gasteiger partial charge is 0.253 e.